The van der Waals surface area contributed by atoms with Gasteiger partial charge in [0.05, 0.1) is 0 Å². The van der Waals surface area contributed by atoms with Crippen molar-refractivity contribution >= 4 is 24.0 Å². The number of rotatable bonds is 4. The van der Waals surface area contributed by atoms with Gasteiger partial charge in [-0.05, 0) is 0 Å². The molecule has 12 heavy (non-hydrogen) atoms. The first-order valence-electron chi connectivity index (χ1n) is 3.27. The Morgan fingerprint density at radius 2 is 1.92 bits per heavy atom. The fraction of sp³-hybridized carbons (Fsp3) is 0.429. The predicted molar refractivity (Wildman–Crippen MR) is 37.1 cm³/mol. The normalized spacial score (nSPS) is 8.75. The Hall–Kier alpha value is -1.52. The van der Waals surface area contributed by atoms with E-state index in [1.165, 1.54) is 0 Å². The molecule has 0 amide bonds. The van der Waals surface area contributed by atoms with E-state index in [4.69, 9.17) is 0 Å². The second kappa shape index (κ2) is 5.17. The smallest absolute Gasteiger partial charge is 0.382 e. The first-order chi connectivity index (χ1) is 5.57. The van der Waals surface area contributed by atoms with Crippen molar-refractivity contribution in [2.75, 3.05) is 0 Å². The minimum atomic E-state index is -1.20. The molecule has 0 aromatic heterocycles. The lowest BCUT2D eigenvalue weighted by Gasteiger charge is -1.95. The third-order valence-electron chi connectivity index (χ3n) is 0.953. The van der Waals surface area contributed by atoms with Crippen LogP contribution in [0.3, 0.4) is 0 Å². The highest BCUT2D eigenvalue weighted by molar-refractivity contribution is 6.35. The van der Waals surface area contributed by atoms with Gasteiger partial charge in [0.15, 0.2) is 0 Å². The van der Waals surface area contributed by atoms with Crippen molar-refractivity contribution in [3.8, 4) is 0 Å². The molecule has 0 aromatic rings. The number of aldehydes is 1. The van der Waals surface area contributed by atoms with Gasteiger partial charge in [-0.2, -0.15) is 0 Å². The minimum absolute atomic E-state index is 0.0359. The van der Waals surface area contributed by atoms with Gasteiger partial charge >= 0.3 is 11.9 Å². The minimum Gasteiger partial charge on any atom is -0.387 e. The molecular formula is C7H8O5. The molecule has 0 N–H and O–H groups in total. The van der Waals surface area contributed by atoms with Crippen LogP contribution in [0.15, 0.2) is 0 Å². The number of ether oxygens (including phenoxy) is 1. The van der Waals surface area contributed by atoms with Gasteiger partial charge in [-0.25, -0.2) is 4.79 Å². The summed E-state index contributed by atoms with van der Waals surface area (Å²) in [4.78, 5) is 41.2. The van der Waals surface area contributed by atoms with Crippen LogP contribution in [-0.2, 0) is 23.9 Å². The highest BCUT2D eigenvalue weighted by atomic mass is 16.6. The molecule has 0 radical (unpaired) electrons. The van der Waals surface area contributed by atoms with Crippen LogP contribution in [0.25, 0.3) is 0 Å². The number of hydrogen-bond donors (Lipinski definition) is 0. The fourth-order valence-electron chi connectivity index (χ4n) is 0.480. The molecule has 0 spiro atoms. The predicted octanol–water partition coefficient (Wildman–Crippen LogP) is -0.376. The summed E-state index contributed by atoms with van der Waals surface area (Å²) in [6.45, 7) is 1.02. The Bertz CT molecular complexity index is 218. The molecule has 0 heterocycles. The van der Waals surface area contributed by atoms with Crippen molar-refractivity contribution in [3.05, 3.63) is 0 Å². The molecule has 0 aromatic carbocycles. The molecule has 0 atom stereocenters. The third-order valence-corrected chi connectivity index (χ3v) is 0.953. The van der Waals surface area contributed by atoms with Gasteiger partial charge in [0.25, 0.3) is 0 Å². The molecule has 0 aliphatic heterocycles. The Morgan fingerprint density at radius 3 is 2.33 bits per heavy atom. The van der Waals surface area contributed by atoms with Crippen LogP contribution in [0.2, 0.25) is 0 Å². The van der Waals surface area contributed by atoms with E-state index in [2.05, 4.69) is 4.74 Å². The SMILES string of the molecule is CC(=O)OC(=O)C(=O)CCC=O. The molecule has 66 valence electrons. The number of hydrogen-bond acceptors (Lipinski definition) is 5. The largest absolute Gasteiger partial charge is 0.387 e. The van der Waals surface area contributed by atoms with Gasteiger partial charge in [0.1, 0.15) is 6.29 Å². The van der Waals surface area contributed by atoms with E-state index in [-0.39, 0.29) is 12.8 Å². The Labute approximate surface area is 68.7 Å². The van der Waals surface area contributed by atoms with Crippen LogP contribution in [0.4, 0.5) is 0 Å². The maximum Gasteiger partial charge on any atom is 0.382 e. The first-order valence-corrected chi connectivity index (χ1v) is 3.27. The first kappa shape index (κ1) is 10.5. The molecular weight excluding hydrogens is 164 g/mol. The molecule has 5 nitrogen and oxygen atoms in total. The van der Waals surface area contributed by atoms with Crippen molar-refractivity contribution in [3.63, 3.8) is 0 Å². The summed E-state index contributed by atoms with van der Waals surface area (Å²) in [6.07, 6.45) is 0.264. The summed E-state index contributed by atoms with van der Waals surface area (Å²) < 4.78 is 3.97. The van der Waals surface area contributed by atoms with Gasteiger partial charge in [0, 0.05) is 19.8 Å². The van der Waals surface area contributed by atoms with Gasteiger partial charge in [-0.3, -0.25) is 9.59 Å². The van der Waals surface area contributed by atoms with E-state index < -0.39 is 17.7 Å². The number of carbonyl (C=O) groups excluding carboxylic acids is 4. The van der Waals surface area contributed by atoms with Crippen LogP contribution in [0, 0.1) is 0 Å². The van der Waals surface area contributed by atoms with Crippen molar-refractivity contribution in [1.29, 1.82) is 0 Å². The molecule has 0 unspecified atom stereocenters. The number of esters is 2. The highest BCUT2D eigenvalue weighted by Crippen LogP contribution is 1.91. The lowest BCUT2D eigenvalue weighted by Crippen LogP contribution is -2.19. The summed E-state index contributed by atoms with van der Waals surface area (Å²) in [5.41, 5.74) is 0. The molecule has 0 bridgehead atoms. The standard InChI is InChI=1S/C7H8O5/c1-5(9)12-7(11)6(10)3-2-4-8/h4H,2-3H2,1H3. The van der Waals surface area contributed by atoms with E-state index >= 15 is 0 Å². The van der Waals surface area contributed by atoms with Crippen molar-refractivity contribution < 1.29 is 23.9 Å². The third kappa shape index (κ3) is 4.32. The monoisotopic (exact) mass is 172 g/mol. The second-order valence-electron chi connectivity index (χ2n) is 2.01. The second-order valence-corrected chi connectivity index (χ2v) is 2.01. The van der Waals surface area contributed by atoms with Crippen LogP contribution >= 0.6 is 0 Å². The molecule has 0 rings (SSSR count). The zero-order valence-electron chi connectivity index (χ0n) is 6.53. The zero-order chi connectivity index (χ0) is 9.56. The molecule has 5 heteroatoms. The van der Waals surface area contributed by atoms with E-state index in [0.717, 1.165) is 6.92 Å². The van der Waals surface area contributed by atoms with E-state index in [1.807, 2.05) is 0 Å². The van der Waals surface area contributed by atoms with Crippen LogP contribution in [0.5, 0.6) is 0 Å². The molecule has 0 saturated carbocycles. The maximum atomic E-state index is 10.7. The Balaban J connectivity index is 3.85. The molecule has 0 aliphatic carbocycles. The van der Waals surface area contributed by atoms with Gasteiger partial charge in [-0.1, -0.05) is 0 Å². The summed E-state index contributed by atoms with van der Waals surface area (Å²) in [6, 6.07) is 0. The highest BCUT2D eigenvalue weighted by Gasteiger charge is 2.16. The summed E-state index contributed by atoms with van der Waals surface area (Å²) >= 11 is 0. The lowest BCUT2D eigenvalue weighted by molar-refractivity contribution is -0.163. The van der Waals surface area contributed by atoms with Crippen LogP contribution < -0.4 is 0 Å². The average molecular weight is 172 g/mol. The summed E-state index contributed by atoms with van der Waals surface area (Å²) in [7, 11) is 0. The summed E-state index contributed by atoms with van der Waals surface area (Å²) in [5.74, 6) is -2.90. The van der Waals surface area contributed by atoms with E-state index in [0.29, 0.717) is 6.29 Å². The van der Waals surface area contributed by atoms with Crippen LogP contribution in [0.1, 0.15) is 19.8 Å². The zero-order valence-corrected chi connectivity index (χ0v) is 6.53. The van der Waals surface area contributed by atoms with Gasteiger partial charge in [-0.15, -0.1) is 0 Å². The number of ketones is 1. The molecule has 0 aliphatic rings. The topological polar surface area (TPSA) is 77.5 Å². The maximum absolute atomic E-state index is 10.7. The Morgan fingerprint density at radius 1 is 1.33 bits per heavy atom. The van der Waals surface area contributed by atoms with E-state index in [1.54, 1.807) is 0 Å². The van der Waals surface area contributed by atoms with Crippen molar-refractivity contribution in [2.24, 2.45) is 0 Å². The quantitative estimate of drug-likeness (QED) is 0.250. The number of Topliss-reactive ketones (excluding diaryl/α,β-unsaturated/α-hetero) is 1. The van der Waals surface area contributed by atoms with Gasteiger partial charge in [0.2, 0.25) is 5.78 Å². The Kier molecular flexibility index (Phi) is 4.52. The number of carbonyl (C=O) groups is 4. The van der Waals surface area contributed by atoms with Crippen molar-refractivity contribution in [2.45, 2.75) is 19.8 Å². The lowest BCUT2D eigenvalue weighted by atomic mass is 10.2. The van der Waals surface area contributed by atoms with E-state index in [9.17, 15) is 19.2 Å². The summed E-state index contributed by atoms with van der Waals surface area (Å²) in [5, 5.41) is 0. The molecule has 0 saturated heterocycles. The fourth-order valence-corrected chi connectivity index (χ4v) is 0.480. The average Bonchev–Trinajstić information content (AvgIpc) is 1.98. The van der Waals surface area contributed by atoms with Crippen LogP contribution in [-0.4, -0.2) is 24.0 Å². The molecule has 0 fully saturated rings. The van der Waals surface area contributed by atoms with Gasteiger partial charge < -0.3 is 9.53 Å². The van der Waals surface area contributed by atoms with Crippen molar-refractivity contribution in [1.82, 2.24) is 0 Å².